The predicted octanol–water partition coefficient (Wildman–Crippen LogP) is 0.231. The first kappa shape index (κ1) is 12.3. The Kier molecular flexibility index (Phi) is 3.85. The van der Waals surface area contributed by atoms with Crippen LogP contribution >= 0.6 is 0 Å². The van der Waals surface area contributed by atoms with Gasteiger partial charge >= 0.3 is 0 Å². The van der Waals surface area contributed by atoms with Crippen molar-refractivity contribution in [2.45, 2.75) is 37.9 Å². The zero-order valence-electron chi connectivity index (χ0n) is 10.1. The third-order valence-corrected chi connectivity index (χ3v) is 3.86. The third-order valence-electron chi connectivity index (χ3n) is 3.86. The summed E-state index contributed by atoms with van der Waals surface area (Å²) in [6.45, 7) is 6.02. The number of hydrogen-bond donors (Lipinski definition) is 2. The van der Waals surface area contributed by atoms with Crippen LogP contribution in [0.15, 0.2) is 0 Å². The topological polar surface area (TPSA) is 52.9 Å². The zero-order chi connectivity index (χ0) is 11.6. The SMILES string of the molecule is CC1(O)CCN(CC2COCCC2O)CC1. The summed E-state index contributed by atoms with van der Waals surface area (Å²) in [6, 6.07) is 0. The number of rotatable bonds is 2. The molecule has 2 heterocycles. The van der Waals surface area contributed by atoms with Crippen LogP contribution < -0.4 is 0 Å². The molecule has 0 aromatic carbocycles. The molecular formula is C12H23NO3. The molecule has 2 N–H and O–H groups in total. The highest BCUT2D eigenvalue weighted by atomic mass is 16.5. The van der Waals surface area contributed by atoms with E-state index in [9.17, 15) is 10.2 Å². The maximum absolute atomic E-state index is 9.85. The lowest BCUT2D eigenvalue weighted by molar-refractivity contribution is -0.0597. The standard InChI is InChI=1S/C12H23NO3/c1-12(15)3-5-13(6-4-12)8-10-9-16-7-2-11(10)14/h10-11,14-15H,2-9H2,1H3. The van der Waals surface area contributed by atoms with Crippen LogP contribution in [0.5, 0.6) is 0 Å². The van der Waals surface area contributed by atoms with Gasteiger partial charge in [-0.1, -0.05) is 0 Å². The monoisotopic (exact) mass is 229 g/mol. The van der Waals surface area contributed by atoms with Gasteiger partial charge in [0.2, 0.25) is 0 Å². The van der Waals surface area contributed by atoms with Crippen molar-refractivity contribution in [1.29, 1.82) is 0 Å². The smallest absolute Gasteiger partial charge is 0.0644 e. The van der Waals surface area contributed by atoms with Crippen molar-refractivity contribution in [3.05, 3.63) is 0 Å². The molecule has 0 bridgehead atoms. The van der Waals surface area contributed by atoms with Crippen LogP contribution in [0.4, 0.5) is 0 Å². The largest absolute Gasteiger partial charge is 0.393 e. The van der Waals surface area contributed by atoms with E-state index in [0.29, 0.717) is 13.2 Å². The third kappa shape index (κ3) is 3.17. The van der Waals surface area contributed by atoms with Crippen LogP contribution in [0.1, 0.15) is 26.2 Å². The second-order valence-electron chi connectivity index (χ2n) is 5.49. The van der Waals surface area contributed by atoms with Crippen LogP contribution in [0.2, 0.25) is 0 Å². The quantitative estimate of drug-likeness (QED) is 0.712. The fourth-order valence-electron chi connectivity index (χ4n) is 2.51. The van der Waals surface area contributed by atoms with E-state index in [1.165, 1.54) is 0 Å². The molecule has 16 heavy (non-hydrogen) atoms. The average molecular weight is 229 g/mol. The lowest BCUT2D eigenvalue weighted by Crippen LogP contribution is -2.47. The summed E-state index contributed by atoms with van der Waals surface area (Å²) in [7, 11) is 0. The summed E-state index contributed by atoms with van der Waals surface area (Å²) in [4.78, 5) is 2.33. The van der Waals surface area contributed by atoms with Gasteiger partial charge in [-0.15, -0.1) is 0 Å². The fourth-order valence-corrected chi connectivity index (χ4v) is 2.51. The maximum Gasteiger partial charge on any atom is 0.0644 e. The highest BCUT2D eigenvalue weighted by molar-refractivity contribution is 4.84. The summed E-state index contributed by atoms with van der Waals surface area (Å²) in [6.07, 6.45) is 2.21. The second-order valence-corrected chi connectivity index (χ2v) is 5.49. The minimum atomic E-state index is -0.488. The van der Waals surface area contributed by atoms with Gasteiger partial charge in [0.05, 0.1) is 18.3 Å². The minimum Gasteiger partial charge on any atom is -0.393 e. The molecule has 2 aliphatic rings. The average Bonchev–Trinajstić information content (AvgIpc) is 2.24. The summed E-state index contributed by atoms with van der Waals surface area (Å²) in [5.41, 5.74) is -0.488. The lowest BCUT2D eigenvalue weighted by Gasteiger charge is -2.39. The molecule has 4 heteroatoms. The fraction of sp³-hybridized carbons (Fsp3) is 1.00. The van der Waals surface area contributed by atoms with Gasteiger partial charge in [0.25, 0.3) is 0 Å². The Balaban J connectivity index is 1.77. The number of aliphatic hydroxyl groups excluding tert-OH is 1. The van der Waals surface area contributed by atoms with Gasteiger partial charge in [-0.3, -0.25) is 0 Å². The Morgan fingerprint density at radius 1 is 1.38 bits per heavy atom. The van der Waals surface area contributed by atoms with Crippen molar-refractivity contribution < 1.29 is 14.9 Å². The minimum absolute atomic E-state index is 0.212. The van der Waals surface area contributed by atoms with Crippen LogP contribution in [0.25, 0.3) is 0 Å². The number of aliphatic hydroxyl groups is 2. The predicted molar refractivity (Wildman–Crippen MR) is 61.2 cm³/mol. The first-order valence-corrected chi connectivity index (χ1v) is 6.27. The molecule has 0 amide bonds. The molecule has 0 saturated carbocycles. The Hall–Kier alpha value is -0.160. The molecule has 2 rings (SSSR count). The van der Waals surface area contributed by atoms with Crippen molar-refractivity contribution in [2.75, 3.05) is 32.8 Å². The number of likely N-dealkylation sites (tertiary alicyclic amines) is 1. The highest BCUT2D eigenvalue weighted by Crippen LogP contribution is 2.23. The molecule has 0 aromatic heterocycles. The van der Waals surface area contributed by atoms with Crippen LogP contribution in [-0.2, 0) is 4.74 Å². The molecule has 0 aliphatic carbocycles. The second kappa shape index (κ2) is 5.00. The van der Waals surface area contributed by atoms with Crippen molar-refractivity contribution in [3.8, 4) is 0 Å². The van der Waals surface area contributed by atoms with Crippen LogP contribution in [0, 0.1) is 5.92 Å². The van der Waals surface area contributed by atoms with Crippen molar-refractivity contribution >= 4 is 0 Å². The van der Waals surface area contributed by atoms with Gasteiger partial charge in [-0.25, -0.2) is 0 Å². The maximum atomic E-state index is 9.85. The molecular weight excluding hydrogens is 206 g/mol. The molecule has 94 valence electrons. The Morgan fingerprint density at radius 2 is 2.06 bits per heavy atom. The number of nitrogens with zero attached hydrogens (tertiary/aromatic N) is 1. The first-order chi connectivity index (χ1) is 7.57. The van der Waals surface area contributed by atoms with Crippen LogP contribution in [0.3, 0.4) is 0 Å². The molecule has 2 unspecified atom stereocenters. The highest BCUT2D eigenvalue weighted by Gasteiger charge is 2.31. The van der Waals surface area contributed by atoms with Crippen molar-refractivity contribution in [1.82, 2.24) is 4.90 Å². The summed E-state index contributed by atoms with van der Waals surface area (Å²) in [5.74, 6) is 0.247. The zero-order valence-corrected chi connectivity index (χ0v) is 10.1. The van der Waals surface area contributed by atoms with E-state index in [1.807, 2.05) is 6.92 Å². The normalized spacial score (nSPS) is 36.2. The van der Waals surface area contributed by atoms with E-state index >= 15 is 0 Å². The molecule has 2 saturated heterocycles. The van der Waals surface area contributed by atoms with Gasteiger partial charge in [-0.05, 0) is 26.2 Å². The first-order valence-electron chi connectivity index (χ1n) is 6.27. The molecule has 2 atom stereocenters. The van der Waals surface area contributed by atoms with Crippen LogP contribution in [-0.4, -0.2) is 59.7 Å². The van der Waals surface area contributed by atoms with Crippen molar-refractivity contribution in [2.24, 2.45) is 5.92 Å². The summed E-state index contributed by atoms with van der Waals surface area (Å²) in [5, 5.41) is 19.7. The molecule has 2 fully saturated rings. The van der Waals surface area contributed by atoms with Gasteiger partial charge in [0.15, 0.2) is 0 Å². The number of hydrogen-bond acceptors (Lipinski definition) is 4. The molecule has 4 nitrogen and oxygen atoms in total. The molecule has 0 aromatic rings. The van der Waals surface area contributed by atoms with E-state index in [0.717, 1.165) is 38.9 Å². The van der Waals surface area contributed by atoms with E-state index in [2.05, 4.69) is 4.90 Å². The molecule has 0 radical (unpaired) electrons. The van der Waals surface area contributed by atoms with E-state index in [4.69, 9.17) is 4.74 Å². The van der Waals surface area contributed by atoms with Gasteiger partial charge in [0, 0.05) is 32.2 Å². The van der Waals surface area contributed by atoms with E-state index in [-0.39, 0.29) is 12.0 Å². The van der Waals surface area contributed by atoms with Gasteiger partial charge in [-0.2, -0.15) is 0 Å². The van der Waals surface area contributed by atoms with Gasteiger partial charge < -0.3 is 19.8 Å². The Bertz CT molecular complexity index is 222. The van der Waals surface area contributed by atoms with Crippen molar-refractivity contribution in [3.63, 3.8) is 0 Å². The van der Waals surface area contributed by atoms with E-state index < -0.39 is 5.60 Å². The molecule has 2 aliphatic heterocycles. The lowest BCUT2D eigenvalue weighted by atomic mass is 9.92. The summed E-state index contributed by atoms with van der Waals surface area (Å²) >= 11 is 0. The Labute approximate surface area is 97.2 Å². The van der Waals surface area contributed by atoms with Gasteiger partial charge in [0.1, 0.15) is 0 Å². The Morgan fingerprint density at radius 3 is 2.69 bits per heavy atom. The number of piperidine rings is 1. The molecule has 0 spiro atoms. The van der Waals surface area contributed by atoms with E-state index in [1.54, 1.807) is 0 Å². The summed E-state index contributed by atoms with van der Waals surface area (Å²) < 4.78 is 5.40. The number of ether oxygens (including phenoxy) is 1.